The Bertz CT molecular complexity index is 471. The van der Waals surface area contributed by atoms with Crippen LogP contribution in [0.3, 0.4) is 0 Å². The molecule has 86 valence electrons. The average Bonchev–Trinajstić information content (AvgIpc) is 2.69. The van der Waals surface area contributed by atoms with Crippen LogP contribution in [0.5, 0.6) is 0 Å². The number of halogens is 1. The fraction of sp³-hybridized carbons (Fsp3) is 0.500. The van der Waals surface area contributed by atoms with E-state index in [9.17, 15) is 0 Å². The van der Waals surface area contributed by atoms with Crippen LogP contribution in [0.25, 0.3) is 5.65 Å². The molecule has 0 saturated carbocycles. The molecule has 6 heteroatoms. The van der Waals surface area contributed by atoms with Crippen molar-refractivity contribution >= 4 is 17.2 Å². The van der Waals surface area contributed by atoms with Crippen molar-refractivity contribution in [2.45, 2.75) is 19.8 Å². The predicted molar refractivity (Wildman–Crippen MR) is 60.6 cm³/mol. The van der Waals surface area contributed by atoms with Crippen molar-refractivity contribution < 1.29 is 4.74 Å². The van der Waals surface area contributed by atoms with Crippen LogP contribution in [-0.4, -0.2) is 32.8 Å². The number of hydrogen-bond donors (Lipinski definition) is 0. The number of ether oxygens (including phenoxy) is 1. The lowest BCUT2D eigenvalue weighted by atomic mass is 10.3. The smallest absolute Gasteiger partial charge is 0.180 e. The molecule has 0 fully saturated rings. The third-order valence-electron chi connectivity index (χ3n) is 2.23. The van der Waals surface area contributed by atoms with E-state index in [0.29, 0.717) is 10.8 Å². The van der Waals surface area contributed by atoms with Gasteiger partial charge in [-0.3, -0.25) is 9.38 Å². The molecule has 16 heavy (non-hydrogen) atoms. The van der Waals surface area contributed by atoms with Crippen molar-refractivity contribution in [2.75, 3.05) is 13.2 Å². The molecule has 0 aliphatic heterocycles. The third kappa shape index (κ3) is 2.31. The summed E-state index contributed by atoms with van der Waals surface area (Å²) in [6, 6.07) is 0. The molecule has 2 heterocycles. The summed E-state index contributed by atoms with van der Waals surface area (Å²) in [5.74, 6) is 0.849. The maximum absolute atomic E-state index is 6.03. The Kier molecular flexibility index (Phi) is 3.69. The monoisotopic (exact) mass is 240 g/mol. The SMILES string of the molecule is CCOCCCc1nnc2cncc(Cl)n12. The molecule has 0 aliphatic carbocycles. The largest absolute Gasteiger partial charge is 0.382 e. The number of nitrogens with zero attached hydrogens (tertiary/aromatic N) is 4. The van der Waals surface area contributed by atoms with Crippen molar-refractivity contribution in [3.05, 3.63) is 23.4 Å². The average molecular weight is 241 g/mol. The van der Waals surface area contributed by atoms with Crippen LogP contribution in [-0.2, 0) is 11.2 Å². The standard InChI is InChI=1S/C10H13ClN4O/c1-2-16-5-3-4-9-13-14-10-7-12-6-8(11)15(9)10/h6-7H,2-5H2,1H3. The molecule has 0 spiro atoms. The Morgan fingerprint density at radius 1 is 1.38 bits per heavy atom. The van der Waals surface area contributed by atoms with Gasteiger partial charge in [0.05, 0.1) is 12.4 Å². The molecule has 0 unspecified atom stereocenters. The summed E-state index contributed by atoms with van der Waals surface area (Å²) < 4.78 is 7.08. The molecule has 0 N–H and O–H groups in total. The van der Waals surface area contributed by atoms with Crippen molar-refractivity contribution in [1.29, 1.82) is 0 Å². The number of aryl methyl sites for hydroxylation is 1. The van der Waals surface area contributed by atoms with E-state index < -0.39 is 0 Å². The molecular formula is C10H13ClN4O. The highest BCUT2D eigenvalue weighted by molar-refractivity contribution is 6.29. The van der Waals surface area contributed by atoms with E-state index >= 15 is 0 Å². The van der Waals surface area contributed by atoms with Crippen LogP contribution in [0.2, 0.25) is 5.15 Å². The summed E-state index contributed by atoms with van der Waals surface area (Å²) >= 11 is 6.03. The van der Waals surface area contributed by atoms with E-state index in [-0.39, 0.29) is 0 Å². The molecule has 0 saturated heterocycles. The van der Waals surface area contributed by atoms with E-state index in [1.807, 2.05) is 6.92 Å². The van der Waals surface area contributed by atoms with E-state index in [1.165, 1.54) is 0 Å². The first-order chi connectivity index (χ1) is 7.83. The quantitative estimate of drug-likeness (QED) is 0.748. The van der Waals surface area contributed by atoms with Crippen LogP contribution in [0.1, 0.15) is 19.2 Å². The highest BCUT2D eigenvalue weighted by atomic mass is 35.5. The predicted octanol–water partition coefficient (Wildman–Crippen LogP) is 1.75. The zero-order valence-corrected chi connectivity index (χ0v) is 9.81. The molecule has 2 aromatic rings. The Hall–Kier alpha value is -1.20. The molecule has 0 bridgehead atoms. The van der Waals surface area contributed by atoms with Gasteiger partial charge in [-0.25, -0.2) is 0 Å². The van der Waals surface area contributed by atoms with Gasteiger partial charge in [-0.1, -0.05) is 11.6 Å². The first-order valence-electron chi connectivity index (χ1n) is 5.24. The highest BCUT2D eigenvalue weighted by Gasteiger charge is 2.07. The van der Waals surface area contributed by atoms with Gasteiger partial charge in [-0.05, 0) is 13.3 Å². The fourth-order valence-corrected chi connectivity index (χ4v) is 1.75. The van der Waals surface area contributed by atoms with Gasteiger partial charge in [0.1, 0.15) is 11.0 Å². The molecule has 0 aliphatic rings. The van der Waals surface area contributed by atoms with Crippen molar-refractivity contribution in [1.82, 2.24) is 19.6 Å². The van der Waals surface area contributed by atoms with Crippen molar-refractivity contribution in [3.63, 3.8) is 0 Å². The lowest BCUT2D eigenvalue weighted by Gasteiger charge is -2.02. The lowest BCUT2D eigenvalue weighted by Crippen LogP contribution is -2.00. The second-order valence-electron chi connectivity index (χ2n) is 3.34. The molecule has 0 atom stereocenters. The molecule has 2 rings (SSSR count). The van der Waals surface area contributed by atoms with Crippen molar-refractivity contribution in [3.8, 4) is 0 Å². The zero-order chi connectivity index (χ0) is 11.4. The topological polar surface area (TPSA) is 52.3 Å². The lowest BCUT2D eigenvalue weighted by molar-refractivity contribution is 0.145. The zero-order valence-electron chi connectivity index (χ0n) is 9.06. The summed E-state index contributed by atoms with van der Waals surface area (Å²) in [6.45, 7) is 3.45. The second-order valence-corrected chi connectivity index (χ2v) is 3.73. The van der Waals surface area contributed by atoms with Crippen LogP contribution in [0, 0.1) is 0 Å². The summed E-state index contributed by atoms with van der Waals surface area (Å²) in [7, 11) is 0. The fourth-order valence-electron chi connectivity index (χ4n) is 1.51. The minimum Gasteiger partial charge on any atom is -0.382 e. The van der Waals surface area contributed by atoms with Gasteiger partial charge in [0.25, 0.3) is 0 Å². The summed E-state index contributed by atoms with van der Waals surface area (Å²) in [4.78, 5) is 3.96. The van der Waals surface area contributed by atoms with E-state index in [0.717, 1.165) is 31.9 Å². The Balaban J connectivity index is 2.12. The highest BCUT2D eigenvalue weighted by Crippen LogP contribution is 2.12. The summed E-state index contributed by atoms with van der Waals surface area (Å²) in [5.41, 5.74) is 0.680. The first kappa shape index (κ1) is 11.3. The Morgan fingerprint density at radius 2 is 2.25 bits per heavy atom. The van der Waals surface area contributed by atoms with Crippen LogP contribution in [0.4, 0.5) is 0 Å². The summed E-state index contributed by atoms with van der Waals surface area (Å²) in [5, 5.41) is 8.63. The van der Waals surface area contributed by atoms with Gasteiger partial charge < -0.3 is 4.74 Å². The van der Waals surface area contributed by atoms with Gasteiger partial charge in [-0.2, -0.15) is 0 Å². The normalized spacial score (nSPS) is 11.1. The molecule has 0 radical (unpaired) electrons. The number of aromatic nitrogens is 4. The molecule has 5 nitrogen and oxygen atoms in total. The first-order valence-corrected chi connectivity index (χ1v) is 5.62. The summed E-state index contributed by atoms with van der Waals surface area (Å²) in [6.07, 6.45) is 4.94. The van der Waals surface area contributed by atoms with Crippen LogP contribution < -0.4 is 0 Å². The minimum absolute atomic E-state index is 0.536. The molecule has 0 amide bonds. The van der Waals surface area contributed by atoms with Gasteiger partial charge in [0.15, 0.2) is 5.65 Å². The van der Waals surface area contributed by atoms with E-state index in [4.69, 9.17) is 16.3 Å². The van der Waals surface area contributed by atoms with Crippen LogP contribution >= 0.6 is 11.6 Å². The van der Waals surface area contributed by atoms with Crippen molar-refractivity contribution in [2.24, 2.45) is 0 Å². The number of fused-ring (bicyclic) bond motifs is 1. The maximum Gasteiger partial charge on any atom is 0.180 e. The maximum atomic E-state index is 6.03. The van der Waals surface area contributed by atoms with Gasteiger partial charge in [0.2, 0.25) is 0 Å². The van der Waals surface area contributed by atoms with Gasteiger partial charge >= 0.3 is 0 Å². The Labute approximate surface area is 98.4 Å². The van der Waals surface area contributed by atoms with Gasteiger partial charge in [-0.15, -0.1) is 10.2 Å². The van der Waals surface area contributed by atoms with E-state index in [1.54, 1.807) is 16.8 Å². The van der Waals surface area contributed by atoms with Crippen LogP contribution in [0.15, 0.2) is 12.4 Å². The second kappa shape index (κ2) is 5.23. The molecule has 0 aromatic carbocycles. The van der Waals surface area contributed by atoms with E-state index in [2.05, 4.69) is 15.2 Å². The van der Waals surface area contributed by atoms with Gasteiger partial charge in [0, 0.05) is 19.6 Å². The molecular weight excluding hydrogens is 228 g/mol. The Morgan fingerprint density at radius 3 is 3.06 bits per heavy atom. The minimum atomic E-state index is 0.536. The number of rotatable bonds is 5. The third-order valence-corrected chi connectivity index (χ3v) is 2.50. The number of hydrogen-bond acceptors (Lipinski definition) is 4. The molecule has 2 aromatic heterocycles.